The van der Waals surface area contributed by atoms with E-state index in [1.54, 1.807) is 13.8 Å². The molecule has 0 saturated carbocycles. The van der Waals surface area contributed by atoms with Crippen LogP contribution >= 0.6 is 0 Å². The number of para-hydroxylation sites is 1. The van der Waals surface area contributed by atoms with Crippen LogP contribution < -0.4 is 5.32 Å². The molecule has 0 bridgehead atoms. The van der Waals surface area contributed by atoms with Gasteiger partial charge in [-0.3, -0.25) is 4.79 Å². The van der Waals surface area contributed by atoms with E-state index < -0.39 is 11.4 Å². The van der Waals surface area contributed by atoms with E-state index in [9.17, 15) is 9.90 Å². The molecule has 1 aromatic heterocycles. The van der Waals surface area contributed by atoms with E-state index in [-0.39, 0.29) is 0 Å². The summed E-state index contributed by atoms with van der Waals surface area (Å²) in [5, 5.41) is 17.5. The molecule has 3 rings (SSSR count). The second-order valence-corrected chi connectivity index (χ2v) is 8.20. The van der Waals surface area contributed by atoms with E-state index in [1.165, 1.54) is 11.1 Å². The van der Waals surface area contributed by atoms with E-state index in [0.29, 0.717) is 19.5 Å². The van der Waals surface area contributed by atoms with Crippen LogP contribution in [0.15, 0.2) is 54.7 Å². The van der Waals surface area contributed by atoms with Gasteiger partial charge in [0.1, 0.15) is 0 Å². The maximum atomic E-state index is 11.3. The van der Waals surface area contributed by atoms with Gasteiger partial charge in [0, 0.05) is 23.9 Å². The molecule has 0 radical (unpaired) electrons. The van der Waals surface area contributed by atoms with Crippen molar-refractivity contribution in [1.82, 2.24) is 15.1 Å². The molecule has 0 aliphatic carbocycles. The summed E-state index contributed by atoms with van der Waals surface area (Å²) in [6, 6.07) is 16.5. The molecule has 0 amide bonds. The van der Waals surface area contributed by atoms with Crippen LogP contribution in [0.5, 0.6) is 0 Å². The first kappa shape index (κ1) is 20.8. The standard InChI is InChI=1S/C24H29N3O2/c1-17-10-11-19(14-18(17)2)22-20(15-25-13-12-24(3,4)23(28)29)16-27(26-22)21-8-6-5-7-9-21/h5-11,14,16,25H,12-13,15H2,1-4H3,(H,28,29). The number of carbonyl (C=O) groups is 1. The number of rotatable bonds is 8. The molecule has 0 saturated heterocycles. The predicted octanol–water partition coefficient (Wildman–Crippen LogP) is 4.75. The van der Waals surface area contributed by atoms with Crippen LogP contribution in [-0.2, 0) is 11.3 Å². The van der Waals surface area contributed by atoms with Crippen molar-refractivity contribution in [2.24, 2.45) is 5.41 Å². The third-order valence-electron chi connectivity index (χ3n) is 5.41. The van der Waals surface area contributed by atoms with E-state index in [4.69, 9.17) is 5.10 Å². The minimum atomic E-state index is -0.771. The molecule has 5 nitrogen and oxygen atoms in total. The molecule has 0 aliphatic rings. The van der Waals surface area contributed by atoms with E-state index in [2.05, 4.69) is 43.6 Å². The zero-order chi connectivity index (χ0) is 21.0. The fraction of sp³-hybridized carbons (Fsp3) is 0.333. The molecule has 2 aromatic carbocycles. The second kappa shape index (κ2) is 8.62. The van der Waals surface area contributed by atoms with Crippen LogP contribution in [0.1, 0.15) is 37.0 Å². The Kier molecular flexibility index (Phi) is 6.18. The lowest BCUT2D eigenvalue weighted by Crippen LogP contribution is -2.28. The van der Waals surface area contributed by atoms with Crippen LogP contribution in [-0.4, -0.2) is 27.4 Å². The van der Waals surface area contributed by atoms with Gasteiger partial charge in [0.25, 0.3) is 0 Å². The summed E-state index contributed by atoms with van der Waals surface area (Å²) in [7, 11) is 0. The quantitative estimate of drug-likeness (QED) is 0.544. The summed E-state index contributed by atoms with van der Waals surface area (Å²) in [5.74, 6) is -0.771. The van der Waals surface area contributed by atoms with Crippen molar-refractivity contribution in [2.45, 2.75) is 40.7 Å². The summed E-state index contributed by atoms with van der Waals surface area (Å²) in [6.07, 6.45) is 2.61. The molecule has 5 heteroatoms. The fourth-order valence-corrected chi connectivity index (χ4v) is 3.11. The van der Waals surface area contributed by atoms with E-state index >= 15 is 0 Å². The van der Waals surface area contributed by atoms with Crippen LogP contribution in [0.4, 0.5) is 0 Å². The Balaban J connectivity index is 1.85. The van der Waals surface area contributed by atoms with Crippen molar-refractivity contribution < 1.29 is 9.90 Å². The van der Waals surface area contributed by atoms with Gasteiger partial charge in [0.15, 0.2) is 0 Å². The van der Waals surface area contributed by atoms with Crippen LogP contribution in [0, 0.1) is 19.3 Å². The molecule has 0 aliphatic heterocycles. The first-order valence-corrected chi connectivity index (χ1v) is 9.93. The largest absolute Gasteiger partial charge is 0.481 e. The van der Waals surface area contributed by atoms with Crippen molar-refractivity contribution in [3.05, 3.63) is 71.4 Å². The molecular weight excluding hydrogens is 362 g/mol. The van der Waals surface area contributed by atoms with Gasteiger partial charge in [0.2, 0.25) is 0 Å². The lowest BCUT2D eigenvalue weighted by Gasteiger charge is -2.18. The Morgan fingerprint density at radius 1 is 1.10 bits per heavy atom. The third kappa shape index (κ3) is 4.93. The van der Waals surface area contributed by atoms with Crippen molar-refractivity contribution >= 4 is 5.97 Å². The molecule has 0 spiro atoms. The summed E-state index contributed by atoms with van der Waals surface area (Å²) < 4.78 is 1.91. The normalized spacial score (nSPS) is 11.6. The Morgan fingerprint density at radius 3 is 2.48 bits per heavy atom. The lowest BCUT2D eigenvalue weighted by atomic mass is 9.90. The minimum Gasteiger partial charge on any atom is -0.481 e. The zero-order valence-electron chi connectivity index (χ0n) is 17.6. The number of aliphatic carboxylic acids is 1. The topological polar surface area (TPSA) is 67.2 Å². The fourth-order valence-electron chi connectivity index (χ4n) is 3.11. The van der Waals surface area contributed by atoms with E-state index in [1.807, 2.05) is 35.0 Å². The maximum absolute atomic E-state index is 11.3. The molecule has 0 atom stereocenters. The molecule has 29 heavy (non-hydrogen) atoms. The monoisotopic (exact) mass is 391 g/mol. The van der Waals surface area contributed by atoms with Crippen LogP contribution in [0.2, 0.25) is 0 Å². The highest BCUT2D eigenvalue weighted by Crippen LogP contribution is 2.26. The molecule has 3 aromatic rings. The summed E-state index contributed by atoms with van der Waals surface area (Å²) in [6.45, 7) is 8.98. The Morgan fingerprint density at radius 2 is 1.83 bits per heavy atom. The predicted molar refractivity (Wildman–Crippen MR) is 116 cm³/mol. The van der Waals surface area contributed by atoms with Crippen LogP contribution in [0.3, 0.4) is 0 Å². The molecule has 1 heterocycles. The first-order chi connectivity index (χ1) is 13.8. The number of carboxylic acids is 1. The van der Waals surface area contributed by atoms with Gasteiger partial charge >= 0.3 is 5.97 Å². The highest BCUT2D eigenvalue weighted by atomic mass is 16.4. The van der Waals surface area contributed by atoms with Crippen molar-refractivity contribution in [1.29, 1.82) is 0 Å². The highest BCUT2D eigenvalue weighted by molar-refractivity contribution is 5.73. The molecular formula is C24H29N3O2. The van der Waals surface area contributed by atoms with Gasteiger partial charge in [0.05, 0.1) is 16.8 Å². The van der Waals surface area contributed by atoms with E-state index in [0.717, 1.165) is 22.5 Å². The summed E-state index contributed by atoms with van der Waals surface area (Å²) in [4.78, 5) is 11.3. The lowest BCUT2D eigenvalue weighted by molar-refractivity contribution is -0.147. The van der Waals surface area contributed by atoms with Gasteiger partial charge in [-0.2, -0.15) is 5.10 Å². The maximum Gasteiger partial charge on any atom is 0.309 e. The van der Waals surface area contributed by atoms with Crippen LogP contribution in [0.25, 0.3) is 16.9 Å². The van der Waals surface area contributed by atoms with Crippen molar-refractivity contribution in [2.75, 3.05) is 6.54 Å². The molecule has 2 N–H and O–H groups in total. The average Bonchev–Trinajstić information content (AvgIpc) is 3.12. The third-order valence-corrected chi connectivity index (χ3v) is 5.41. The van der Waals surface area contributed by atoms with Gasteiger partial charge < -0.3 is 10.4 Å². The number of aryl methyl sites for hydroxylation is 2. The average molecular weight is 392 g/mol. The first-order valence-electron chi connectivity index (χ1n) is 9.93. The summed E-state index contributed by atoms with van der Waals surface area (Å²) in [5.41, 5.74) is 5.89. The number of nitrogens with zero attached hydrogens (tertiary/aromatic N) is 2. The molecule has 0 unspecified atom stereocenters. The second-order valence-electron chi connectivity index (χ2n) is 8.20. The number of carboxylic acid groups (broad SMARTS) is 1. The number of hydrogen-bond acceptors (Lipinski definition) is 3. The van der Waals surface area contributed by atoms with Gasteiger partial charge in [-0.05, 0) is 70.0 Å². The number of hydrogen-bond donors (Lipinski definition) is 2. The van der Waals surface area contributed by atoms with Crippen molar-refractivity contribution in [3.63, 3.8) is 0 Å². The summed E-state index contributed by atoms with van der Waals surface area (Å²) >= 11 is 0. The Labute approximate surface area is 172 Å². The number of aromatic nitrogens is 2. The number of nitrogens with one attached hydrogen (secondary N) is 1. The number of benzene rings is 2. The Hall–Kier alpha value is -2.92. The van der Waals surface area contributed by atoms with Gasteiger partial charge in [-0.25, -0.2) is 4.68 Å². The zero-order valence-corrected chi connectivity index (χ0v) is 17.6. The SMILES string of the molecule is Cc1ccc(-c2nn(-c3ccccc3)cc2CNCCC(C)(C)C(=O)O)cc1C. The highest BCUT2D eigenvalue weighted by Gasteiger charge is 2.26. The minimum absolute atomic E-state index is 0.564. The van der Waals surface area contributed by atoms with Gasteiger partial charge in [-0.15, -0.1) is 0 Å². The molecule has 152 valence electrons. The van der Waals surface area contributed by atoms with Gasteiger partial charge in [-0.1, -0.05) is 30.3 Å². The van der Waals surface area contributed by atoms with Crippen molar-refractivity contribution in [3.8, 4) is 16.9 Å². The Bertz CT molecular complexity index is 991. The smallest absolute Gasteiger partial charge is 0.309 e. The molecule has 0 fully saturated rings.